The number of rotatable bonds is 4. The third-order valence-corrected chi connectivity index (χ3v) is 5.48. The van der Waals surface area contributed by atoms with Crippen LogP contribution in [-0.2, 0) is 19.5 Å². The molecule has 0 fully saturated rings. The number of benzene rings is 1. The molecule has 0 unspecified atom stereocenters. The number of anilines is 1. The SMILES string of the molecule is Cc1cccc(Cn2cnc(NC(=O)c3cc4c(s3)CNCC4)c2)c1. The molecule has 3 heterocycles. The van der Waals surface area contributed by atoms with Crippen molar-refractivity contribution in [1.29, 1.82) is 0 Å². The van der Waals surface area contributed by atoms with E-state index in [4.69, 9.17) is 0 Å². The van der Waals surface area contributed by atoms with E-state index >= 15 is 0 Å². The van der Waals surface area contributed by atoms with E-state index in [0.717, 1.165) is 30.9 Å². The molecule has 128 valence electrons. The first-order valence-electron chi connectivity index (χ1n) is 8.38. The van der Waals surface area contributed by atoms with Gasteiger partial charge in [0.25, 0.3) is 5.91 Å². The number of hydrogen-bond acceptors (Lipinski definition) is 4. The quantitative estimate of drug-likeness (QED) is 0.758. The second-order valence-electron chi connectivity index (χ2n) is 6.36. The zero-order valence-corrected chi connectivity index (χ0v) is 14.9. The van der Waals surface area contributed by atoms with Gasteiger partial charge in [0.1, 0.15) is 0 Å². The summed E-state index contributed by atoms with van der Waals surface area (Å²) in [6.45, 7) is 4.66. The van der Waals surface area contributed by atoms with Gasteiger partial charge in [0.15, 0.2) is 5.82 Å². The lowest BCUT2D eigenvalue weighted by atomic mass is 10.1. The minimum atomic E-state index is -0.0831. The Hall–Kier alpha value is -2.44. The van der Waals surface area contributed by atoms with Crippen molar-refractivity contribution in [3.05, 3.63) is 69.3 Å². The van der Waals surface area contributed by atoms with Gasteiger partial charge in [-0.2, -0.15) is 0 Å². The van der Waals surface area contributed by atoms with Crippen molar-refractivity contribution in [1.82, 2.24) is 14.9 Å². The molecule has 1 amide bonds. The average molecular weight is 352 g/mol. The first-order chi connectivity index (χ1) is 12.2. The summed E-state index contributed by atoms with van der Waals surface area (Å²) in [6, 6.07) is 10.4. The van der Waals surface area contributed by atoms with Crippen molar-refractivity contribution >= 4 is 23.1 Å². The number of nitrogens with zero attached hydrogens (tertiary/aromatic N) is 2. The third kappa shape index (κ3) is 3.65. The predicted molar refractivity (Wildman–Crippen MR) is 100 cm³/mol. The summed E-state index contributed by atoms with van der Waals surface area (Å²) in [4.78, 5) is 18.8. The van der Waals surface area contributed by atoms with Gasteiger partial charge in [-0.05, 0) is 37.1 Å². The van der Waals surface area contributed by atoms with Gasteiger partial charge in [0, 0.05) is 24.2 Å². The van der Waals surface area contributed by atoms with Crippen LogP contribution in [0.5, 0.6) is 0 Å². The average Bonchev–Trinajstić information content (AvgIpc) is 3.21. The number of amides is 1. The molecule has 3 aromatic rings. The van der Waals surface area contributed by atoms with E-state index < -0.39 is 0 Å². The lowest BCUT2D eigenvalue weighted by Crippen LogP contribution is -2.21. The van der Waals surface area contributed by atoms with Crippen molar-refractivity contribution in [2.45, 2.75) is 26.4 Å². The van der Waals surface area contributed by atoms with E-state index in [1.807, 2.05) is 16.8 Å². The maximum absolute atomic E-state index is 12.5. The summed E-state index contributed by atoms with van der Waals surface area (Å²) in [5, 5.41) is 6.24. The van der Waals surface area contributed by atoms with Crippen LogP contribution in [-0.4, -0.2) is 22.0 Å². The second-order valence-corrected chi connectivity index (χ2v) is 7.50. The highest BCUT2D eigenvalue weighted by Crippen LogP contribution is 2.25. The first-order valence-corrected chi connectivity index (χ1v) is 9.20. The molecule has 2 N–H and O–H groups in total. The number of aryl methyl sites for hydroxylation is 1. The van der Waals surface area contributed by atoms with E-state index in [0.29, 0.717) is 5.82 Å². The Bertz CT molecular complexity index is 888. The molecule has 1 aliphatic heterocycles. The first kappa shape index (κ1) is 16.1. The number of fused-ring (bicyclic) bond motifs is 1. The molecule has 4 rings (SSSR count). The Morgan fingerprint density at radius 2 is 2.32 bits per heavy atom. The molecule has 0 saturated carbocycles. The van der Waals surface area contributed by atoms with Gasteiger partial charge in [0.2, 0.25) is 0 Å². The summed E-state index contributed by atoms with van der Waals surface area (Å²) in [7, 11) is 0. The molecular formula is C19H20N4OS. The number of carbonyl (C=O) groups is 1. The van der Waals surface area contributed by atoms with Crippen LogP contribution in [0.4, 0.5) is 5.82 Å². The maximum atomic E-state index is 12.5. The van der Waals surface area contributed by atoms with Crippen LogP contribution in [0.2, 0.25) is 0 Å². The molecule has 25 heavy (non-hydrogen) atoms. The molecule has 0 aliphatic carbocycles. The lowest BCUT2D eigenvalue weighted by Gasteiger charge is -2.10. The van der Waals surface area contributed by atoms with Crippen LogP contribution in [0, 0.1) is 6.92 Å². The Kier molecular flexibility index (Phi) is 4.38. The van der Waals surface area contributed by atoms with Gasteiger partial charge in [-0.25, -0.2) is 4.98 Å². The molecule has 0 atom stereocenters. The van der Waals surface area contributed by atoms with Gasteiger partial charge >= 0.3 is 0 Å². The van der Waals surface area contributed by atoms with Crippen LogP contribution in [0.15, 0.2) is 42.9 Å². The number of thiophene rings is 1. The summed E-state index contributed by atoms with van der Waals surface area (Å²) in [6.07, 6.45) is 4.61. The fourth-order valence-corrected chi connectivity index (χ4v) is 4.15. The number of hydrogen-bond donors (Lipinski definition) is 2. The Labute approximate surface area is 150 Å². The zero-order valence-electron chi connectivity index (χ0n) is 14.1. The highest BCUT2D eigenvalue weighted by molar-refractivity contribution is 7.14. The lowest BCUT2D eigenvalue weighted by molar-refractivity contribution is 0.103. The fraction of sp³-hybridized carbons (Fsp3) is 0.263. The summed E-state index contributed by atoms with van der Waals surface area (Å²) < 4.78 is 1.98. The van der Waals surface area contributed by atoms with Crippen LogP contribution in [0.3, 0.4) is 0 Å². The van der Waals surface area contributed by atoms with Gasteiger partial charge in [0.05, 0.1) is 11.2 Å². The Morgan fingerprint density at radius 3 is 3.16 bits per heavy atom. The molecule has 1 aromatic carbocycles. The molecule has 0 radical (unpaired) electrons. The fourth-order valence-electron chi connectivity index (χ4n) is 3.07. The second kappa shape index (κ2) is 6.82. The van der Waals surface area contributed by atoms with Crippen LogP contribution in [0.25, 0.3) is 0 Å². The maximum Gasteiger partial charge on any atom is 0.266 e. The highest BCUT2D eigenvalue weighted by Gasteiger charge is 2.17. The topological polar surface area (TPSA) is 59.0 Å². The monoisotopic (exact) mass is 352 g/mol. The number of imidazole rings is 1. The molecule has 0 spiro atoms. The van der Waals surface area contributed by atoms with Crippen molar-refractivity contribution in [2.24, 2.45) is 0 Å². The van der Waals surface area contributed by atoms with E-state index in [-0.39, 0.29) is 5.91 Å². The normalized spacial score (nSPS) is 13.5. The van der Waals surface area contributed by atoms with E-state index in [1.54, 1.807) is 17.7 Å². The Morgan fingerprint density at radius 1 is 1.40 bits per heavy atom. The number of nitrogens with one attached hydrogen (secondary N) is 2. The number of aromatic nitrogens is 2. The van der Waals surface area contributed by atoms with Gasteiger partial charge < -0.3 is 15.2 Å². The standard InChI is InChI=1S/C19H20N4OS/c1-13-3-2-4-14(7-13)10-23-11-18(21-12-23)22-19(24)16-8-15-5-6-20-9-17(15)25-16/h2-4,7-8,11-12,20H,5-6,9-10H2,1H3,(H,22,24). The minimum Gasteiger partial charge on any atom is -0.331 e. The molecule has 6 heteroatoms. The molecule has 5 nitrogen and oxygen atoms in total. The molecular weight excluding hydrogens is 332 g/mol. The molecule has 0 saturated heterocycles. The van der Waals surface area contributed by atoms with E-state index in [1.165, 1.54) is 21.6 Å². The van der Waals surface area contributed by atoms with E-state index in [2.05, 4.69) is 46.8 Å². The smallest absolute Gasteiger partial charge is 0.266 e. The third-order valence-electron chi connectivity index (χ3n) is 4.30. The van der Waals surface area contributed by atoms with Gasteiger partial charge in [-0.1, -0.05) is 29.8 Å². The van der Waals surface area contributed by atoms with E-state index in [9.17, 15) is 4.79 Å². The van der Waals surface area contributed by atoms with Crippen LogP contribution >= 0.6 is 11.3 Å². The summed E-state index contributed by atoms with van der Waals surface area (Å²) >= 11 is 1.56. The minimum absolute atomic E-state index is 0.0831. The number of carbonyl (C=O) groups excluding carboxylic acids is 1. The van der Waals surface area contributed by atoms with Crippen LogP contribution < -0.4 is 10.6 Å². The zero-order chi connectivity index (χ0) is 17.2. The molecule has 2 aromatic heterocycles. The van der Waals surface area contributed by atoms with Crippen molar-refractivity contribution < 1.29 is 4.79 Å². The van der Waals surface area contributed by atoms with Crippen molar-refractivity contribution in [3.63, 3.8) is 0 Å². The Balaban J connectivity index is 1.43. The van der Waals surface area contributed by atoms with Gasteiger partial charge in [-0.3, -0.25) is 4.79 Å². The van der Waals surface area contributed by atoms with Crippen LogP contribution in [0.1, 0.15) is 31.2 Å². The largest absolute Gasteiger partial charge is 0.331 e. The van der Waals surface area contributed by atoms with Crippen molar-refractivity contribution in [3.8, 4) is 0 Å². The summed E-state index contributed by atoms with van der Waals surface area (Å²) in [5.41, 5.74) is 3.75. The summed E-state index contributed by atoms with van der Waals surface area (Å²) in [5.74, 6) is 0.502. The molecule has 0 bridgehead atoms. The van der Waals surface area contributed by atoms with Gasteiger partial charge in [-0.15, -0.1) is 11.3 Å². The molecule has 1 aliphatic rings. The predicted octanol–water partition coefficient (Wildman–Crippen LogP) is 3.20. The van der Waals surface area contributed by atoms with Crippen molar-refractivity contribution in [2.75, 3.05) is 11.9 Å². The highest BCUT2D eigenvalue weighted by atomic mass is 32.1.